The lowest BCUT2D eigenvalue weighted by Gasteiger charge is -2.32. The number of hydrogen-bond donors (Lipinski definition) is 1. The molecule has 1 aliphatic heterocycles. The van der Waals surface area contributed by atoms with Crippen molar-refractivity contribution >= 4 is 21.9 Å². The van der Waals surface area contributed by atoms with Crippen molar-refractivity contribution in [2.75, 3.05) is 26.9 Å². The van der Waals surface area contributed by atoms with E-state index in [0.29, 0.717) is 19.4 Å². The molecule has 2 atom stereocenters. The number of carbonyl (C=O) groups is 2. The first kappa shape index (κ1) is 21.3. The molecule has 1 heterocycles. The highest BCUT2D eigenvalue weighted by molar-refractivity contribution is 7.89. The Morgan fingerprint density at radius 3 is 2.63 bits per heavy atom. The molecule has 1 aromatic carbocycles. The van der Waals surface area contributed by atoms with E-state index in [0.717, 1.165) is 6.42 Å². The Hall–Kier alpha value is -1.97. The second kappa shape index (κ2) is 9.82. The summed E-state index contributed by atoms with van der Waals surface area (Å²) in [7, 11) is -2.28. The van der Waals surface area contributed by atoms with E-state index in [-0.39, 0.29) is 17.5 Å². The molecule has 27 heavy (non-hydrogen) atoms. The van der Waals surface area contributed by atoms with Crippen LogP contribution in [0, 0.1) is 0 Å². The van der Waals surface area contributed by atoms with E-state index in [1.807, 2.05) is 0 Å². The average Bonchev–Trinajstić information content (AvgIpc) is 2.67. The SMILES string of the molecule is COCC(C)NC(=O)COC(=O)C1CCCCN1S(=O)(=O)c1ccccc1. The third kappa shape index (κ3) is 5.75. The van der Waals surface area contributed by atoms with Gasteiger partial charge in [-0.05, 0) is 38.3 Å². The quantitative estimate of drug-likeness (QED) is 0.654. The summed E-state index contributed by atoms with van der Waals surface area (Å²) in [5.74, 6) is -1.16. The molecule has 1 aromatic rings. The normalized spacial score (nSPS) is 19.3. The van der Waals surface area contributed by atoms with Gasteiger partial charge in [-0.1, -0.05) is 18.2 Å². The lowest BCUT2D eigenvalue weighted by atomic mass is 10.1. The summed E-state index contributed by atoms with van der Waals surface area (Å²) in [5, 5.41) is 2.63. The number of benzene rings is 1. The van der Waals surface area contributed by atoms with Crippen LogP contribution in [0.3, 0.4) is 0 Å². The summed E-state index contributed by atoms with van der Waals surface area (Å²) in [6.07, 6.45) is 1.76. The topological polar surface area (TPSA) is 102 Å². The van der Waals surface area contributed by atoms with E-state index < -0.39 is 34.5 Å². The van der Waals surface area contributed by atoms with Crippen molar-refractivity contribution in [2.45, 2.75) is 43.2 Å². The molecule has 2 unspecified atom stereocenters. The number of ether oxygens (including phenoxy) is 2. The van der Waals surface area contributed by atoms with Gasteiger partial charge >= 0.3 is 5.97 Å². The van der Waals surface area contributed by atoms with Crippen molar-refractivity contribution < 1.29 is 27.5 Å². The summed E-state index contributed by atoms with van der Waals surface area (Å²) in [6.45, 7) is 1.89. The van der Waals surface area contributed by atoms with E-state index in [9.17, 15) is 18.0 Å². The highest BCUT2D eigenvalue weighted by Gasteiger charge is 2.38. The third-order valence-corrected chi connectivity index (χ3v) is 6.17. The number of hydrogen-bond acceptors (Lipinski definition) is 6. The minimum atomic E-state index is -3.81. The third-order valence-electron chi connectivity index (χ3n) is 4.25. The monoisotopic (exact) mass is 398 g/mol. The van der Waals surface area contributed by atoms with Crippen LogP contribution in [-0.4, -0.2) is 63.6 Å². The number of methoxy groups -OCH3 is 1. The molecule has 1 fully saturated rings. The molecule has 8 nitrogen and oxygen atoms in total. The molecule has 0 radical (unpaired) electrons. The highest BCUT2D eigenvalue weighted by atomic mass is 32.2. The molecule has 1 N–H and O–H groups in total. The van der Waals surface area contributed by atoms with Crippen molar-refractivity contribution in [3.8, 4) is 0 Å². The minimum Gasteiger partial charge on any atom is -0.454 e. The molecule has 1 saturated heterocycles. The fourth-order valence-corrected chi connectivity index (χ4v) is 4.66. The highest BCUT2D eigenvalue weighted by Crippen LogP contribution is 2.26. The van der Waals surface area contributed by atoms with Crippen LogP contribution >= 0.6 is 0 Å². The van der Waals surface area contributed by atoms with Crippen LogP contribution in [-0.2, 0) is 29.1 Å². The van der Waals surface area contributed by atoms with Crippen molar-refractivity contribution in [1.82, 2.24) is 9.62 Å². The number of esters is 1. The maximum absolute atomic E-state index is 12.9. The number of carbonyl (C=O) groups excluding carboxylic acids is 2. The molecular formula is C18H26N2O6S. The number of nitrogens with zero attached hydrogens (tertiary/aromatic N) is 1. The second-order valence-electron chi connectivity index (χ2n) is 6.47. The Kier molecular flexibility index (Phi) is 7.76. The summed E-state index contributed by atoms with van der Waals surface area (Å²) >= 11 is 0. The first-order valence-electron chi connectivity index (χ1n) is 8.88. The zero-order chi connectivity index (χ0) is 19.9. The van der Waals surface area contributed by atoms with Crippen molar-refractivity contribution in [3.05, 3.63) is 30.3 Å². The van der Waals surface area contributed by atoms with E-state index in [4.69, 9.17) is 9.47 Å². The van der Waals surface area contributed by atoms with Gasteiger partial charge in [-0.2, -0.15) is 4.31 Å². The lowest BCUT2D eigenvalue weighted by Crippen LogP contribution is -2.49. The number of amides is 1. The number of piperidine rings is 1. The maximum atomic E-state index is 12.9. The van der Waals surface area contributed by atoms with E-state index in [2.05, 4.69) is 5.32 Å². The molecule has 150 valence electrons. The van der Waals surface area contributed by atoms with Gasteiger partial charge in [0.25, 0.3) is 5.91 Å². The van der Waals surface area contributed by atoms with Crippen LogP contribution in [0.2, 0.25) is 0 Å². The molecule has 2 rings (SSSR count). The zero-order valence-electron chi connectivity index (χ0n) is 15.6. The minimum absolute atomic E-state index is 0.135. The van der Waals surface area contributed by atoms with Gasteiger partial charge in [-0.25, -0.2) is 8.42 Å². The van der Waals surface area contributed by atoms with Gasteiger partial charge in [0, 0.05) is 19.7 Å². The molecule has 0 saturated carbocycles. The van der Waals surface area contributed by atoms with E-state index >= 15 is 0 Å². The molecule has 1 amide bonds. The molecule has 0 spiro atoms. The molecule has 9 heteroatoms. The van der Waals surface area contributed by atoms with Crippen LogP contribution in [0.15, 0.2) is 35.2 Å². The summed E-state index contributed by atoms with van der Waals surface area (Å²) < 4.78 is 37.0. The van der Waals surface area contributed by atoms with Crippen LogP contribution in [0.1, 0.15) is 26.2 Å². The van der Waals surface area contributed by atoms with E-state index in [1.54, 1.807) is 25.1 Å². The van der Waals surface area contributed by atoms with Gasteiger partial charge in [-0.3, -0.25) is 9.59 Å². The van der Waals surface area contributed by atoms with Crippen LogP contribution in [0.25, 0.3) is 0 Å². The zero-order valence-corrected chi connectivity index (χ0v) is 16.4. The van der Waals surface area contributed by atoms with Crippen LogP contribution in [0.5, 0.6) is 0 Å². The van der Waals surface area contributed by atoms with Crippen LogP contribution in [0.4, 0.5) is 0 Å². The molecule has 0 bridgehead atoms. The van der Waals surface area contributed by atoms with Gasteiger partial charge in [0.1, 0.15) is 6.04 Å². The Labute approximate surface area is 159 Å². The first-order chi connectivity index (χ1) is 12.9. The number of rotatable bonds is 8. The molecule has 0 aliphatic carbocycles. The Morgan fingerprint density at radius 2 is 1.96 bits per heavy atom. The standard InChI is InChI=1S/C18H26N2O6S/c1-14(12-25-2)19-17(21)13-26-18(22)16-10-6-7-11-20(16)27(23,24)15-8-4-3-5-9-15/h3-5,8-9,14,16H,6-7,10-13H2,1-2H3,(H,19,21). The van der Waals surface area contributed by atoms with Crippen LogP contribution < -0.4 is 5.32 Å². The summed E-state index contributed by atoms with van der Waals surface area (Å²) in [4.78, 5) is 24.4. The van der Waals surface area contributed by atoms with Gasteiger partial charge in [0.05, 0.1) is 11.5 Å². The Balaban J connectivity index is 2.02. The van der Waals surface area contributed by atoms with Crippen molar-refractivity contribution in [3.63, 3.8) is 0 Å². The fourth-order valence-electron chi connectivity index (χ4n) is 3.00. The van der Waals surface area contributed by atoms with Crippen molar-refractivity contribution in [2.24, 2.45) is 0 Å². The van der Waals surface area contributed by atoms with Gasteiger partial charge in [0.2, 0.25) is 10.0 Å². The Bertz CT molecular complexity index is 737. The first-order valence-corrected chi connectivity index (χ1v) is 10.3. The molecular weight excluding hydrogens is 372 g/mol. The largest absolute Gasteiger partial charge is 0.454 e. The summed E-state index contributed by atoms with van der Waals surface area (Å²) in [5.41, 5.74) is 0. The number of sulfonamides is 1. The fraction of sp³-hybridized carbons (Fsp3) is 0.556. The predicted octanol–water partition coefficient (Wildman–Crippen LogP) is 0.924. The smallest absolute Gasteiger partial charge is 0.324 e. The van der Waals surface area contributed by atoms with Gasteiger partial charge < -0.3 is 14.8 Å². The summed E-state index contributed by atoms with van der Waals surface area (Å²) in [6, 6.07) is 6.85. The average molecular weight is 398 g/mol. The number of nitrogens with one attached hydrogen (secondary N) is 1. The van der Waals surface area contributed by atoms with Gasteiger partial charge in [0.15, 0.2) is 6.61 Å². The molecule has 1 aliphatic rings. The van der Waals surface area contributed by atoms with Crippen molar-refractivity contribution in [1.29, 1.82) is 0 Å². The lowest BCUT2D eigenvalue weighted by molar-refractivity contribution is -0.153. The van der Waals surface area contributed by atoms with E-state index in [1.165, 1.54) is 23.5 Å². The predicted molar refractivity (Wildman–Crippen MR) is 98.4 cm³/mol. The maximum Gasteiger partial charge on any atom is 0.324 e. The second-order valence-corrected chi connectivity index (χ2v) is 8.36. The Morgan fingerprint density at radius 1 is 1.26 bits per heavy atom. The molecule has 0 aromatic heterocycles. The van der Waals surface area contributed by atoms with Gasteiger partial charge in [-0.15, -0.1) is 0 Å².